The Kier molecular flexibility index (Phi) is 5.66. The maximum atomic E-state index is 10.2. The van der Waals surface area contributed by atoms with Crippen molar-refractivity contribution in [1.29, 1.82) is 0 Å². The van der Waals surface area contributed by atoms with E-state index in [0.717, 1.165) is 0 Å². The first-order chi connectivity index (χ1) is 5.90. The predicted octanol–water partition coefficient (Wildman–Crippen LogP) is -1.54. The molecule has 13 heavy (non-hydrogen) atoms. The van der Waals surface area contributed by atoms with Gasteiger partial charge in [-0.2, -0.15) is 0 Å². The third-order valence-electron chi connectivity index (χ3n) is 1.33. The van der Waals surface area contributed by atoms with Gasteiger partial charge >= 0.3 is 7.82 Å². The second-order valence-corrected chi connectivity index (χ2v) is 3.55. The third kappa shape index (κ3) is 6.11. The number of hydrogen-bond donors (Lipinski definition) is 4. The number of rotatable bonds is 6. The average Bonchev–Trinajstić information content (AvgIpc) is 2.02. The second-order valence-electron chi connectivity index (χ2n) is 2.31. The van der Waals surface area contributed by atoms with Crippen LogP contribution >= 0.6 is 7.82 Å². The van der Waals surface area contributed by atoms with E-state index in [0.29, 0.717) is 0 Å². The van der Waals surface area contributed by atoms with Gasteiger partial charge in [-0.3, -0.25) is 4.52 Å². The zero-order valence-electron chi connectivity index (χ0n) is 7.03. The lowest BCUT2D eigenvalue weighted by Gasteiger charge is -2.19. The van der Waals surface area contributed by atoms with Crippen LogP contribution in [-0.2, 0) is 13.8 Å². The van der Waals surface area contributed by atoms with E-state index in [-0.39, 0.29) is 0 Å². The van der Waals surface area contributed by atoms with Crippen molar-refractivity contribution in [2.45, 2.75) is 12.2 Å². The van der Waals surface area contributed by atoms with E-state index in [1.165, 1.54) is 7.11 Å². The summed E-state index contributed by atoms with van der Waals surface area (Å²) in [6.45, 7) is -1.05. The van der Waals surface area contributed by atoms with Crippen LogP contribution in [-0.4, -0.2) is 52.5 Å². The van der Waals surface area contributed by atoms with E-state index >= 15 is 0 Å². The molecule has 0 fully saturated rings. The molecule has 0 amide bonds. The van der Waals surface area contributed by atoms with Crippen LogP contribution in [0, 0.1) is 0 Å². The minimum Gasteiger partial charge on any atom is -0.394 e. The van der Waals surface area contributed by atoms with Crippen molar-refractivity contribution >= 4 is 7.82 Å². The fourth-order valence-electron chi connectivity index (χ4n) is 0.634. The smallest absolute Gasteiger partial charge is 0.394 e. The molecule has 0 aliphatic carbocycles. The Morgan fingerprint density at radius 3 is 2.31 bits per heavy atom. The SMILES string of the molecule is CO[C@H](CO)[C@@H](O)COP(=O)(O)O. The van der Waals surface area contributed by atoms with E-state index in [2.05, 4.69) is 9.26 Å². The van der Waals surface area contributed by atoms with Gasteiger partial charge in [0, 0.05) is 7.11 Å². The van der Waals surface area contributed by atoms with Crippen molar-refractivity contribution in [2.24, 2.45) is 0 Å². The van der Waals surface area contributed by atoms with Crippen molar-refractivity contribution in [3.8, 4) is 0 Å². The summed E-state index contributed by atoms with van der Waals surface area (Å²) in [5, 5.41) is 17.7. The van der Waals surface area contributed by atoms with Crippen LogP contribution < -0.4 is 0 Å². The molecule has 0 aromatic rings. The number of ether oxygens (including phenoxy) is 1. The first-order valence-corrected chi connectivity index (χ1v) is 4.95. The molecule has 0 aromatic heterocycles. The molecule has 0 aromatic carbocycles. The van der Waals surface area contributed by atoms with Crippen LogP contribution in [0.15, 0.2) is 0 Å². The molecular weight excluding hydrogens is 203 g/mol. The molecule has 0 saturated carbocycles. The Labute approximate surface area is 75.2 Å². The standard InChI is InChI=1S/C5H13O7P/c1-11-5(2-6)4(7)3-12-13(8,9)10/h4-7H,2-3H2,1H3,(H2,8,9,10)/t4-,5+/m0/s1. The summed E-state index contributed by atoms with van der Waals surface area (Å²) in [6, 6.07) is 0. The molecule has 0 spiro atoms. The second kappa shape index (κ2) is 5.66. The Bertz CT molecular complexity index is 174. The highest BCUT2D eigenvalue weighted by Gasteiger charge is 2.22. The van der Waals surface area contributed by atoms with E-state index in [4.69, 9.17) is 20.0 Å². The first kappa shape index (κ1) is 13.0. The fraction of sp³-hybridized carbons (Fsp3) is 1.00. The highest BCUT2D eigenvalue weighted by atomic mass is 31.2. The van der Waals surface area contributed by atoms with E-state index in [9.17, 15) is 4.57 Å². The van der Waals surface area contributed by atoms with Crippen molar-refractivity contribution < 1.29 is 33.8 Å². The summed E-state index contributed by atoms with van der Waals surface area (Å²) in [5.41, 5.74) is 0. The molecule has 0 rings (SSSR count). The van der Waals surface area contributed by atoms with Gasteiger partial charge in [-0.15, -0.1) is 0 Å². The molecule has 7 nitrogen and oxygen atoms in total. The maximum Gasteiger partial charge on any atom is 0.469 e. The topological polar surface area (TPSA) is 116 Å². The van der Waals surface area contributed by atoms with Crippen LogP contribution in [0.3, 0.4) is 0 Å². The Morgan fingerprint density at radius 1 is 1.46 bits per heavy atom. The van der Waals surface area contributed by atoms with Gasteiger partial charge in [0.15, 0.2) is 0 Å². The molecular formula is C5H13O7P. The van der Waals surface area contributed by atoms with E-state index < -0.39 is 33.2 Å². The normalized spacial score (nSPS) is 17.0. The van der Waals surface area contributed by atoms with Crippen LogP contribution in [0.2, 0.25) is 0 Å². The van der Waals surface area contributed by atoms with Gasteiger partial charge in [-0.05, 0) is 0 Å². The number of methoxy groups -OCH3 is 1. The van der Waals surface area contributed by atoms with Crippen molar-refractivity contribution in [3.63, 3.8) is 0 Å². The number of aliphatic hydroxyl groups excluding tert-OH is 2. The van der Waals surface area contributed by atoms with Crippen molar-refractivity contribution in [2.75, 3.05) is 20.3 Å². The minimum atomic E-state index is -4.58. The predicted molar refractivity (Wildman–Crippen MR) is 41.9 cm³/mol. The summed E-state index contributed by atoms with van der Waals surface area (Å²) >= 11 is 0. The highest BCUT2D eigenvalue weighted by molar-refractivity contribution is 7.46. The quantitative estimate of drug-likeness (QED) is 0.397. The molecule has 0 heterocycles. The van der Waals surface area contributed by atoms with Gasteiger partial charge in [0.05, 0.1) is 13.2 Å². The molecule has 4 N–H and O–H groups in total. The maximum absolute atomic E-state index is 10.2. The number of hydrogen-bond acceptors (Lipinski definition) is 5. The molecule has 0 unspecified atom stereocenters. The molecule has 2 atom stereocenters. The molecule has 0 radical (unpaired) electrons. The van der Waals surface area contributed by atoms with Crippen LogP contribution in [0.1, 0.15) is 0 Å². The van der Waals surface area contributed by atoms with Gasteiger partial charge in [0.2, 0.25) is 0 Å². The van der Waals surface area contributed by atoms with Crippen LogP contribution in [0.4, 0.5) is 0 Å². The molecule has 0 aliphatic heterocycles. The zero-order chi connectivity index (χ0) is 10.5. The molecule has 8 heteroatoms. The van der Waals surface area contributed by atoms with Crippen LogP contribution in [0.25, 0.3) is 0 Å². The average molecular weight is 216 g/mol. The fourth-order valence-corrected chi connectivity index (χ4v) is 0.981. The summed E-state index contributed by atoms with van der Waals surface area (Å²) in [4.78, 5) is 16.5. The summed E-state index contributed by atoms with van der Waals surface area (Å²) in [7, 11) is -3.33. The minimum absolute atomic E-state index is 0.456. The number of aliphatic hydroxyl groups is 2. The van der Waals surface area contributed by atoms with Crippen molar-refractivity contribution in [3.05, 3.63) is 0 Å². The van der Waals surface area contributed by atoms with Gasteiger partial charge in [-0.1, -0.05) is 0 Å². The molecule has 0 saturated heterocycles. The van der Waals surface area contributed by atoms with E-state index in [1.54, 1.807) is 0 Å². The largest absolute Gasteiger partial charge is 0.469 e. The summed E-state index contributed by atoms with van der Waals surface area (Å²) in [5.74, 6) is 0. The lowest BCUT2D eigenvalue weighted by molar-refractivity contribution is -0.0598. The van der Waals surface area contributed by atoms with Gasteiger partial charge < -0.3 is 24.7 Å². The van der Waals surface area contributed by atoms with Gasteiger partial charge in [0.25, 0.3) is 0 Å². The Morgan fingerprint density at radius 2 is 2.00 bits per heavy atom. The van der Waals surface area contributed by atoms with Gasteiger partial charge in [-0.25, -0.2) is 4.57 Å². The van der Waals surface area contributed by atoms with E-state index in [1.807, 2.05) is 0 Å². The zero-order valence-corrected chi connectivity index (χ0v) is 7.92. The van der Waals surface area contributed by atoms with Crippen molar-refractivity contribution in [1.82, 2.24) is 0 Å². The Balaban J connectivity index is 3.85. The lowest BCUT2D eigenvalue weighted by atomic mass is 10.2. The Hall–Kier alpha value is -0.0100. The molecule has 80 valence electrons. The van der Waals surface area contributed by atoms with Gasteiger partial charge in [0.1, 0.15) is 12.2 Å². The summed E-state index contributed by atoms with van der Waals surface area (Å²) < 4.78 is 18.8. The lowest BCUT2D eigenvalue weighted by Crippen LogP contribution is -2.34. The number of phosphoric acid groups is 1. The third-order valence-corrected chi connectivity index (χ3v) is 1.81. The number of phosphoric ester groups is 1. The first-order valence-electron chi connectivity index (χ1n) is 3.42. The van der Waals surface area contributed by atoms with Crippen LogP contribution in [0.5, 0.6) is 0 Å². The molecule has 0 bridgehead atoms. The monoisotopic (exact) mass is 216 g/mol. The molecule has 0 aliphatic rings. The summed E-state index contributed by atoms with van der Waals surface area (Å²) in [6.07, 6.45) is -2.19. The highest BCUT2D eigenvalue weighted by Crippen LogP contribution is 2.35.